The average Bonchev–Trinajstić information content (AvgIpc) is 2.65. The van der Waals surface area contributed by atoms with Crippen molar-refractivity contribution in [1.82, 2.24) is 15.6 Å². The van der Waals surface area contributed by atoms with Gasteiger partial charge in [0.2, 0.25) is 0 Å². The van der Waals surface area contributed by atoms with E-state index in [2.05, 4.69) is 27.8 Å². The summed E-state index contributed by atoms with van der Waals surface area (Å²) in [7, 11) is 0. The van der Waals surface area contributed by atoms with Crippen LogP contribution < -0.4 is 16.2 Å². The summed E-state index contributed by atoms with van der Waals surface area (Å²) in [5.74, 6) is 0. The number of aromatic amines is 1. The average molecular weight is 366 g/mol. The number of aromatic nitrogens is 1. The molecule has 3 N–H and O–H groups in total. The van der Waals surface area contributed by atoms with E-state index >= 15 is 0 Å². The molecule has 0 bridgehead atoms. The van der Waals surface area contributed by atoms with E-state index in [9.17, 15) is 4.79 Å². The highest BCUT2D eigenvalue weighted by atomic mass is 32.1. The van der Waals surface area contributed by atoms with Crippen molar-refractivity contribution in [2.45, 2.75) is 26.8 Å². The molecular weight excluding hydrogens is 342 g/mol. The van der Waals surface area contributed by atoms with Gasteiger partial charge in [0.15, 0.2) is 5.11 Å². The van der Waals surface area contributed by atoms with E-state index in [1.165, 1.54) is 11.1 Å². The predicted octanol–water partition coefficient (Wildman–Crippen LogP) is 3.35. The Labute approximate surface area is 158 Å². The van der Waals surface area contributed by atoms with Crippen molar-refractivity contribution >= 4 is 28.2 Å². The normalized spacial score (nSPS) is 10.7. The van der Waals surface area contributed by atoms with E-state index in [1.807, 2.05) is 50.2 Å². The molecule has 0 aliphatic rings. The smallest absolute Gasteiger partial charge is 0.251 e. The van der Waals surface area contributed by atoms with Crippen molar-refractivity contribution in [1.29, 1.82) is 0 Å². The summed E-state index contributed by atoms with van der Waals surface area (Å²) in [6.07, 6.45) is 0.616. The van der Waals surface area contributed by atoms with Crippen LogP contribution in [-0.4, -0.2) is 16.6 Å². The third-order valence-corrected chi connectivity index (χ3v) is 4.89. The fourth-order valence-corrected chi connectivity index (χ4v) is 3.08. The standard InChI is InChI=1S/C21H23N3OS/c1-14-8-9-17-12-18(20(25)24-19(17)15(14)2)10-11-22-21(26)23-13-16-6-4-3-5-7-16/h3-9,12H,10-11,13H2,1-2H3,(H,24,25)(H2,22,23,26). The molecular formula is C21H23N3OS. The summed E-state index contributed by atoms with van der Waals surface area (Å²) in [6, 6.07) is 16.2. The van der Waals surface area contributed by atoms with Crippen LogP contribution in [0.2, 0.25) is 0 Å². The highest BCUT2D eigenvalue weighted by Crippen LogP contribution is 2.18. The van der Waals surface area contributed by atoms with E-state index < -0.39 is 0 Å². The van der Waals surface area contributed by atoms with E-state index in [1.54, 1.807) is 0 Å². The Morgan fingerprint density at radius 2 is 1.85 bits per heavy atom. The van der Waals surface area contributed by atoms with E-state index in [0.717, 1.165) is 22.0 Å². The van der Waals surface area contributed by atoms with Crippen LogP contribution in [0.1, 0.15) is 22.3 Å². The number of fused-ring (bicyclic) bond motifs is 1. The summed E-state index contributed by atoms with van der Waals surface area (Å²) in [6.45, 7) is 5.38. The second-order valence-corrected chi connectivity index (χ2v) is 6.85. The summed E-state index contributed by atoms with van der Waals surface area (Å²) in [4.78, 5) is 15.4. The lowest BCUT2D eigenvalue weighted by molar-refractivity contribution is 0.810. The molecule has 134 valence electrons. The first-order valence-corrected chi connectivity index (χ1v) is 9.13. The lowest BCUT2D eigenvalue weighted by Crippen LogP contribution is -2.36. The Balaban J connectivity index is 1.58. The summed E-state index contributed by atoms with van der Waals surface area (Å²) in [5.41, 5.74) is 5.13. The lowest BCUT2D eigenvalue weighted by Gasteiger charge is -2.11. The minimum atomic E-state index is -0.0313. The summed E-state index contributed by atoms with van der Waals surface area (Å²) < 4.78 is 0. The molecule has 0 saturated carbocycles. The van der Waals surface area contributed by atoms with Gasteiger partial charge in [-0.2, -0.15) is 0 Å². The molecule has 1 aromatic heterocycles. The predicted molar refractivity (Wildman–Crippen MR) is 112 cm³/mol. The Morgan fingerprint density at radius 3 is 2.62 bits per heavy atom. The van der Waals surface area contributed by atoms with Gasteiger partial charge in [-0.1, -0.05) is 42.5 Å². The largest absolute Gasteiger partial charge is 0.362 e. The van der Waals surface area contributed by atoms with Gasteiger partial charge in [0, 0.05) is 18.7 Å². The van der Waals surface area contributed by atoms with Crippen LogP contribution in [0.5, 0.6) is 0 Å². The first-order valence-electron chi connectivity index (χ1n) is 8.72. The van der Waals surface area contributed by atoms with Crippen LogP contribution in [0.15, 0.2) is 53.3 Å². The summed E-state index contributed by atoms with van der Waals surface area (Å²) >= 11 is 5.30. The Bertz CT molecular complexity index is 980. The molecule has 0 spiro atoms. The van der Waals surface area contributed by atoms with Crippen LogP contribution >= 0.6 is 12.2 Å². The number of hydrogen-bond acceptors (Lipinski definition) is 2. The van der Waals surface area contributed by atoms with E-state index in [0.29, 0.717) is 24.6 Å². The van der Waals surface area contributed by atoms with Crippen LogP contribution in [0.3, 0.4) is 0 Å². The monoisotopic (exact) mass is 365 g/mol. The maximum absolute atomic E-state index is 12.4. The van der Waals surface area contributed by atoms with Crippen LogP contribution in [0, 0.1) is 13.8 Å². The van der Waals surface area contributed by atoms with Crippen molar-refractivity contribution in [3.63, 3.8) is 0 Å². The van der Waals surface area contributed by atoms with Gasteiger partial charge in [0.25, 0.3) is 5.56 Å². The number of nitrogens with one attached hydrogen (secondary N) is 3. The SMILES string of the molecule is Cc1ccc2cc(CCNC(=S)NCc3ccccc3)c(=O)[nH]c2c1C. The van der Waals surface area contributed by atoms with E-state index in [4.69, 9.17) is 12.2 Å². The van der Waals surface area contributed by atoms with Gasteiger partial charge in [-0.15, -0.1) is 0 Å². The molecule has 0 atom stereocenters. The van der Waals surface area contributed by atoms with Gasteiger partial charge >= 0.3 is 0 Å². The zero-order valence-corrected chi connectivity index (χ0v) is 15.9. The maximum atomic E-state index is 12.4. The molecule has 3 aromatic rings. The number of thiocarbonyl (C=S) groups is 1. The van der Waals surface area contributed by atoms with Crippen LogP contribution in [0.25, 0.3) is 10.9 Å². The molecule has 26 heavy (non-hydrogen) atoms. The topological polar surface area (TPSA) is 56.9 Å². The van der Waals surface area contributed by atoms with Crippen molar-refractivity contribution < 1.29 is 0 Å². The molecule has 0 amide bonds. The van der Waals surface area contributed by atoms with Crippen LogP contribution in [0.4, 0.5) is 0 Å². The summed E-state index contributed by atoms with van der Waals surface area (Å²) in [5, 5.41) is 8.00. The maximum Gasteiger partial charge on any atom is 0.251 e. The molecule has 0 radical (unpaired) electrons. The van der Waals surface area contributed by atoms with Gasteiger partial charge in [-0.05, 0) is 60.6 Å². The molecule has 4 nitrogen and oxygen atoms in total. The van der Waals surface area contributed by atoms with Gasteiger partial charge in [0.05, 0.1) is 5.52 Å². The third kappa shape index (κ3) is 4.29. The quantitative estimate of drug-likeness (QED) is 0.607. The van der Waals surface area contributed by atoms with E-state index in [-0.39, 0.29) is 5.56 Å². The number of benzene rings is 2. The highest BCUT2D eigenvalue weighted by Gasteiger charge is 2.06. The van der Waals surface area contributed by atoms with Gasteiger partial charge in [-0.3, -0.25) is 4.79 Å². The molecule has 2 aromatic carbocycles. The van der Waals surface area contributed by atoms with Gasteiger partial charge in [0.1, 0.15) is 0 Å². The molecule has 0 fully saturated rings. The van der Waals surface area contributed by atoms with Crippen molar-refractivity contribution in [3.05, 3.63) is 81.1 Å². The Morgan fingerprint density at radius 1 is 1.08 bits per heavy atom. The molecule has 0 saturated heterocycles. The molecule has 1 heterocycles. The number of rotatable bonds is 5. The first-order chi connectivity index (χ1) is 12.5. The second kappa shape index (κ2) is 8.15. The highest BCUT2D eigenvalue weighted by molar-refractivity contribution is 7.80. The van der Waals surface area contributed by atoms with Crippen molar-refractivity contribution in [3.8, 4) is 0 Å². The Hall–Kier alpha value is -2.66. The minimum Gasteiger partial charge on any atom is -0.362 e. The molecule has 0 unspecified atom stereocenters. The zero-order valence-electron chi connectivity index (χ0n) is 15.1. The minimum absolute atomic E-state index is 0.0313. The molecule has 0 aliphatic carbocycles. The zero-order chi connectivity index (χ0) is 18.5. The van der Waals surface area contributed by atoms with Crippen LogP contribution in [-0.2, 0) is 13.0 Å². The van der Waals surface area contributed by atoms with Gasteiger partial charge in [-0.25, -0.2) is 0 Å². The molecule has 5 heteroatoms. The van der Waals surface area contributed by atoms with Gasteiger partial charge < -0.3 is 15.6 Å². The van der Waals surface area contributed by atoms with Crippen molar-refractivity contribution in [2.24, 2.45) is 0 Å². The second-order valence-electron chi connectivity index (χ2n) is 6.44. The Kier molecular flexibility index (Phi) is 5.68. The molecule has 0 aliphatic heterocycles. The fourth-order valence-electron chi connectivity index (χ4n) is 2.91. The van der Waals surface area contributed by atoms with Crippen molar-refractivity contribution in [2.75, 3.05) is 6.54 Å². The number of pyridine rings is 1. The first kappa shape index (κ1) is 18.1. The number of H-pyrrole nitrogens is 1. The third-order valence-electron chi connectivity index (χ3n) is 4.60. The fraction of sp³-hybridized carbons (Fsp3) is 0.238. The lowest BCUT2D eigenvalue weighted by atomic mass is 10.0. The number of aryl methyl sites for hydroxylation is 2. The number of hydrogen-bond donors (Lipinski definition) is 3. The molecule has 3 rings (SSSR count).